The van der Waals surface area contributed by atoms with Crippen molar-refractivity contribution in [1.29, 1.82) is 0 Å². The van der Waals surface area contributed by atoms with Crippen LogP contribution < -0.4 is 0 Å². The third-order valence-electron chi connectivity index (χ3n) is 8.03. The van der Waals surface area contributed by atoms with Gasteiger partial charge in [0.2, 0.25) is 0 Å². The quantitative estimate of drug-likeness (QED) is 0.121. The second-order valence-electron chi connectivity index (χ2n) is 12.7. The Kier molecular flexibility index (Phi) is 12.2. The van der Waals surface area contributed by atoms with Crippen LogP contribution in [0.4, 0.5) is 0 Å². The Morgan fingerprint density at radius 1 is 0.667 bits per heavy atom. The van der Waals surface area contributed by atoms with Crippen molar-refractivity contribution in [1.82, 2.24) is 0 Å². The van der Waals surface area contributed by atoms with Crippen LogP contribution in [-0.2, 0) is 56.9 Å². The van der Waals surface area contributed by atoms with Gasteiger partial charge in [0.05, 0.1) is 39.6 Å². The number of thioether (sulfide) groups is 1. The van der Waals surface area contributed by atoms with Crippen molar-refractivity contribution in [3.63, 3.8) is 0 Å². The van der Waals surface area contributed by atoms with Gasteiger partial charge in [-0.1, -0.05) is 135 Å². The number of rotatable bonds is 14. The third kappa shape index (κ3) is 9.88. The summed E-state index contributed by atoms with van der Waals surface area (Å²) in [5.41, 5.74) is 2.06. The van der Waals surface area contributed by atoms with Gasteiger partial charge in [-0.05, 0) is 28.8 Å². The molecular weight excluding hydrogens is 647 g/mol. The van der Waals surface area contributed by atoms with Gasteiger partial charge < -0.3 is 18.9 Å². The topological polar surface area (TPSA) is 81.7 Å². The molecule has 0 aromatic heterocycles. The number of benzene rings is 4. The lowest BCUT2D eigenvalue weighted by atomic mass is 9.97. The lowest BCUT2D eigenvalue weighted by molar-refractivity contribution is -0.241. The molecule has 5 atom stereocenters. The molecule has 254 valence electrons. The maximum Gasteiger partial charge on any atom is 0.475 e. The molecule has 0 aliphatic carbocycles. The number of hydrogen-bond donors (Lipinski definition) is 0. The van der Waals surface area contributed by atoms with Crippen LogP contribution in [0.15, 0.2) is 126 Å². The first-order chi connectivity index (χ1) is 23.4. The SMILES string of the molecule is CC1(C)COP(=O)(O[C@@H]2[C@@H](OCc3ccccc3)[C@H](OCc3ccccc3)[C@@H](COCc3ccccc3)O[C@H]2Sc2ccccc2)OC1. The van der Waals surface area contributed by atoms with Crippen molar-refractivity contribution in [2.75, 3.05) is 19.8 Å². The third-order valence-corrected chi connectivity index (χ3v) is 10.6. The molecule has 6 rings (SSSR count). The summed E-state index contributed by atoms with van der Waals surface area (Å²) in [6.45, 7) is 5.66. The molecule has 2 aliphatic heterocycles. The molecule has 0 unspecified atom stereocenters. The molecule has 0 bridgehead atoms. The maximum absolute atomic E-state index is 14.1. The van der Waals surface area contributed by atoms with E-state index in [0.29, 0.717) is 13.2 Å². The average molecular weight is 691 g/mol. The van der Waals surface area contributed by atoms with Crippen molar-refractivity contribution >= 4 is 19.6 Å². The van der Waals surface area contributed by atoms with E-state index in [1.165, 1.54) is 11.8 Å². The summed E-state index contributed by atoms with van der Waals surface area (Å²) in [4.78, 5) is 0.954. The molecule has 0 saturated carbocycles. The molecule has 2 saturated heterocycles. The van der Waals surface area contributed by atoms with E-state index in [1.54, 1.807) is 0 Å². The van der Waals surface area contributed by atoms with Crippen LogP contribution in [0.2, 0.25) is 0 Å². The summed E-state index contributed by atoms with van der Waals surface area (Å²) in [7, 11) is -3.98. The van der Waals surface area contributed by atoms with Crippen molar-refractivity contribution in [2.45, 2.75) is 68.4 Å². The highest BCUT2D eigenvalue weighted by Crippen LogP contribution is 2.57. The molecule has 10 heteroatoms. The van der Waals surface area contributed by atoms with Gasteiger partial charge >= 0.3 is 7.82 Å². The minimum absolute atomic E-state index is 0.230. The standard InChI is InChI=1S/C38H43O8PS/c1-38(2)27-43-47(39,44-28-38)46-36-35(42-25-31-19-11-5-12-20-31)34(41-24-30-17-9-4-10-18-30)33(26-40-23-29-15-7-3-8-16-29)45-37(36)48-32-21-13-6-14-22-32/h3-22,33-37H,23-28H2,1-2H3/t33-,34-,35+,36-,37+/m1/s1. The highest BCUT2D eigenvalue weighted by Gasteiger charge is 2.53. The van der Waals surface area contributed by atoms with E-state index < -0.39 is 37.7 Å². The zero-order valence-corrected chi connectivity index (χ0v) is 29.0. The van der Waals surface area contributed by atoms with Crippen molar-refractivity contribution in [3.8, 4) is 0 Å². The molecule has 0 radical (unpaired) electrons. The minimum atomic E-state index is -3.98. The molecule has 0 N–H and O–H groups in total. The van der Waals surface area contributed by atoms with E-state index in [4.69, 9.17) is 32.5 Å². The molecule has 2 aliphatic rings. The average Bonchev–Trinajstić information content (AvgIpc) is 3.11. The summed E-state index contributed by atoms with van der Waals surface area (Å²) in [6.07, 6.45) is -2.83. The highest BCUT2D eigenvalue weighted by atomic mass is 32.2. The number of phosphoric ester groups is 1. The van der Waals surface area contributed by atoms with Gasteiger partial charge in [-0.25, -0.2) is 4.57 Å². The van der Waals surface area contributed by atoms with Crippen molar-refractivity contribution in [2.24, 2.45) is 5.41 Å². The molecule has 8 nitrogen and oxygen atoms in total. The summed E-state index contributed by atoms with van der Waals surface area (Å²) in [5, 5.41) is 0. The number of hydrogen-bond acceptors (Lipinski definition) is 9. The second-order valence-corrected chi connectivity index (χ2v) is 15.5. The minimum Gasteiger partial charge on any atom is -0.374 e. The Hall–Kier alpha value is -2.82. The van der Waals surface area contributed by atoms with Crippen molar-refractivity contribution < 1.29 is 37.1 Å². The lowest BCUT2D eigenvalue weighted by Crippen LogP contribution is -2.60. The molecule has 48 heavy (non-hydrogen) atoms. The number of ether oxygens (including phenoxy) is 4. The van der Waals surface area contributed by atoms with Gasteiger partial charge in [-0.2, -0.15) is 0 Å². The summed E-state index contributed by atoms with van der Waals surface area (Å²) in [6, 6.07) is 39.8. The highest BCUT2D eigenvalue weighted by molar-refractivity contribution is 7.99. The molecule has 4 aromatic carbocycles. The first-order valence-corrected chi connectivity index (χ1v) is 18.6. The predicted octanol–water partition coefficient (Wildman–Crippen LogP) is 8.46. The first-order valence-electron chi connectivity index (χ1n) is 16.2. The van der Waals surface area contributed by atoms with Crippen LogP contribution >= 0.6 is 19.6 Å². The largest absolute Gasteiger partial charge is 0.475 e. The summed E-state index contributed by atoms with van der Waals surface area (Å²) >= 11 is 1.46. The smallest absolute Gasteiger partial charge is 0.374 e. The van der Waals surface area contributed by atoms with E-state index in [9.17, 15) is 4.57 Å². The summed E-state index contributed by atoms with van der Waals surface area (Å²) < 4.78 is 58.6. The fourth-order valence-corrected chi connectivity index (χ4v) is 8.39. The monoisotopic (exact) mass is 690 g/mol. The van der Waals surface area contributed by atoms with Crippen LogP contribution in [-0.4, -0.2) is 49.7 Å². The maximum atomic E-state index is 14.1. The normalized spacial score (nSPS) is 25.0. The molecule has 2 heterocycles. The molecular formula is C38H43O8PS. The first kappa shape index (κ1) is 35.0. The zero-order valence-electron chi connectivity index (χ0n) is 27.3. The molecule has 2 fully saturated rings. The van der Waals surface area contributed by atoms with Gasteiger partial charge in [0.1, 0.15) is 29.9 Å². The Morgan fingerprint density at radius 3 is 1.69 bits per heavy atom. The van der Waals surface area contributed by atoms with Gasteiger partial charge in [0.25, 0.3) is 0 Å². The van der Waals surface area contributed by atoms with Gasteiger partial charge in [-0.3, -0.25) is 13.6 Å². The molecule has 0 spiro atoms. The van der Waals surface area contributed by atoms with Crippen LogP contribution in [0.3, 0.4) is 0 Å². The van der Waals surface area contributed by atoms with E-state index in [-0.39, 0.29) is 31.8 Å². The van der Waals surface area contributed by atoms with Crippen LogP contribution in [0, 0.1) is 5.41 Å². The van der Waals surface area contributed by atoms with E-state index in [1.807, 2.05) is 135 Å². The van der Waals surface area contributed by atoms with Crippen molar-refractivity contribution in [3.05, 3.63) is 138 Å². The van der Waals surface area contributed by atoms with Gasteiger partial charge in [-0.15, -0.1) is 0 Å². The summed E-state index contributed by atoms with van der Waals surface area (Å²) in [5.74, 6) is 0. The Bertz CT molecular complexity index is 1560. The fourth-order valence-electron chi connectivity index (χ4n) is 5.44. The number of phosphoric acid groups is 1. The van der Waals surface area contributed by atoms with E-state index in [0.717, 1.165) is 21.6 Å². The van der Waals surface area contributed by atoms with Gasteiger partial charge in [0, 0.05) is 10.3 Å². The molecule has 4 aromatic rings. The van der Waals surface area contributed by atoms with Gasteiger partial charge in [0.15, 0.2) is 0 Å². The Balaban J connectivity index is 1.33. The predicted molar refractivity (Wildman–Crippen MR) is 185 cm³/mol. The lowest BCUT2D eigenvalue weighted by Gasteiger charge is -2.46. The fraction of sp³-hybridized carbons (Fsp3) is 0.368. The van der Waals surface area contributed by atoms with E-state index >= 15 is 0 Å². The Labute approximate surface area is 287 Å². The Morgan fingerprint density at radius 2 is 1.15 bits per heavy atom. The molecule has 0 amide bonds. The van der Waals surface area contributed by atoms with Crippen LogP contribution in [0.5, 0.6) is 0 Å². The van der Waals surface area contributed by atoms with Crippen LogP contribution in [0.25, 0.3) is 0 Å². The van der Waals surface area contributed by atoms with Crippen LogP contribution in [0.1, 0.15) is 30.5 Å². The zero-order chi connectivity index (χ0) is 33.2. The second kappa shape index (κ2) is 16.7. The van der Waals surface area contributed by atoms with E-state index in [2.05, 4.69) is 0 Å².